The number of hydrogen-bond acceptors (Lipinski definition) is 6. The lowest BCUT2D eigenvalue weighted by atomic mass is 10.1. The van der Waals surface area contributed by atoms with Gasteiger partial charge in [-0.2, -0.15) is 0 Å². The molecule has 0 saturated carbocycles. The number of aliphatic carboxylic acids is 1. The number of carbonyl (C=O) groups is 1. The normalized spacial score (nSPS) is 17.1. The molecule has 0 aliphatic carbocycles. The van der Waals surface area contributed by atoms with Crippen LogP contribution in [0.25, 0.3) is 0 Å². The predicted octanol–water partition coefficient (Wildman–Crippen LogP) is 1.56. The standard InChI is InChI=1S/C12H12N4O2S2/c13-16-11(14-15-12(16)19-6-10(17)18)9-5-7-3-1-2-4-8(7)20-9/h1-4,9H,5-6,13H2,(H,17,18). The molecular weight excluding hydrogens is 296 g/mol. The summed E-state index contributed by atoms with van der Waals surface area (Å²) in [5, 5.41) is 17.3. The van der Waals surface area contributed by atoms with Crippen molar-refractivity contribution in [3.05, 3.63) is 35.7 Å². The molecule has 1 atom stereocenters. The van der Waals surface area contributed by atoms with Crippen LogP contribution in [0.4, 0.5) is 0 Å². The van der Waals surface area contributed by atoms with Crippen LogP contribution in [0.1, 0.15) is 16.6 Å². The summed E-state index contributed by atoms with van der Waals surface area (Å²) >= 11 is 2.79. The van der Waals surface area contributed by atoms with Crippen molar-refractivity contribution in [3.63, 3.8) is 0 Å². The summed E-state index contributed by atoms with van der Waals surface area (Å²) < 4.78 is 1.40. The third-order valence-corrected chi connectivity index (χ3v) is 5.19. The number of nitrogens with zero attached hydrogens (tertiary/aromatic N) is 3. The van der Waals surface area contributed by atoms with E-state index >= 15 is 0 Å². The topological polar surface area (TPSA) is 94.0 Å². The predicted molar refractivity (Wildman–Crippen MR) is 77.3 cm³/mol. The molecule has 1 unspecified atom stereocenters. The smallest absolute Gasteiger partial charge is 0.313 e. The minimum Gasteiger partial charge on any atom is -0.481 e. The van der Waals surface area contributed by atoms with Crippen LogP contribution in [0, 0.1) is 0 Å². The van der Waals surface area contributed by atoms with Gasteiger partial charge in [-0.1, -0.05) is 30.0 Å². The van der Waals surface area contributed by atoms with E-state index in [9.17, 15) is 4.79 Å². The van der Waals surface area contributed by atoms with Crippen LogP contribution in [0.5, 0.6) is 0 Å². The first-order valence-electron chi connectivity index (χ1n) is 5.94. The number of aromatic nitrogens is 3. The monoisotopic (exact) mass is 308 g/mol. The molecule has 20 heavy (non-hydrogen) atoms. The molecule has 2 aromatic rings. The molecule has 0 spiro atoms. The molecule has 3 N–H and O–H groups in total. The molecule has 0 bridgehead atoms. The fourth-order valence-corrected chi connectivity index (χ4v) is 3.94. The Morgan fingerprint density at radius 2 is 2.30 bits per heavy atom. The first-order chi connectivity index (χ1) is 9.65. The first-order valence-corrected chi connectivity index (χ1v) is 7.81. The quantitative estimate of drug-likeness (QED) is 0.654. The van der Waals surface area contributed by atoms with Crippen LogP contribution < -0.4 is 5.84 Å². The highest BCUT2D eigenvalue weighted by Crippen LogP contribution is 2.45. The Morgan fingerprint density at radius 3 is 3.05 bits per heavy atom. The number of rotatable bonds is 4. The van der Waals surface area contributed by atoms with Crippen molar-refractivity contribution in [2.75, 3.05) is 11.6 Å². The van der Waals surface area contributed by atoms with Crippen LogP contribution in [-0.4, -0.2) is 31.7 Å². The van der Waals surface area contributed by atoms with Gasteiger partial charge in [0.05, 0.1) is 11.0 Å². The molecule has 0 amide bonds. The van der Waals surface area contributed by atoms with Gasteiger partial charge >= 0.3 is 5.97 Å². The van der Waals surface area contributed by atoms with Crippen LogP contribution in [0.15, 0.2) is 34.3 Å². The molecule has 0 saturated heterocycles. The third kappa shape index (κ3) is 2.48. The first kappa shape index (κ1) is 13.3. The van der Waals surface area contributed by atoms with Gasteiger partial charge in [-0.15, -0.1) is 22.0 Å². The number of fused-ring (bicyclic) bond motifs is 1. The van der Waals surface area contributed by atoms with Crippen LogP contribution in [0.3, 0.4) is 0 Å². The van der Waals surface area contributed by atoms with Gasteiger partial charge in [-0.3, -0.25) is 4.79 Å². The number of benzene rings is 1. The molecule has 1 aliphatic rings. The Morgan fingerprint density at radius 1 is 1.50 bits per heavy atom. The van der Waals surface area contributed by atoms with Crippen molar-refractivity contribution in [3.8, 4) is 0 Å². The highest BCUT2D eigenvalue weighted by Gasteiger charge is 2.28. The van der Waals surface area contributed by atoms with E-state index in [1.165, 1.54) is 15.1 Å². The van der Waals surface area contributed by atoms with Gasteiger partial charge in [0.25, 0.3) is 0 Å². The molecule has 1 aliphatic heterocycles. The molecule has 1 aromatic carbocycles. The average Bonchev–Trinajstić information content (AvgIpc) is 2.99. The maximum Gasteiger partial charge on any atom is 0.313 e. The lowest BCUT2D eigenvalue weighted by Crippen LogP contribution is -2.16. The summed E-state index contributed by atoms with van der Waals surface area (Å²) in [5.41, 5.74) is 1.28. The summed E-state index contributed by atoms with van der Waals surface area (Å²) in [6.07, 6.45) is 0.861. The highest BCUT2D eigenvalue weighted by atomic mass is 32.2. The molecule has 3 rings (SSSR count). The maximum absolute atomic E-state index is 10.6. The molecule has 1 aromatic heterocycles. The number of hydrogen-bond donors (Lipinski definition) is 2. The van der Waals surface area contributed by atoms with Gasteiger partial charge < -0.3 is 10.9 Å². The fourth-order valence-electron chi connectivity index (χ4n) is 2.06. The van der Waals surface area contributed by atoms with Gasteiger partial charge in [0, 0.05) is 4.90 Å². The Labute approximate surface area is 123 Å². The zero-order chi connectivity index (χ0) is 14.1. The molecule has 8 heteroatoms. The van der Waals surface area contributed by atoms with E-state index in [-0.39, 0.29) is 11.0 Å². The summed E-state index contributed by atoms with van der Waals surface area (Å²) in [6.45, 7) is 0. The summed E-state index contributed by atoms with van der Waals surface area (Å²) in [7, 11) is 0. The summed E-state index contributed by atoms with van der Waals surface area (Å²) in [4.78, 5) is 11.8. The van der Waals surface area contributed by atoms with Crippen molar-refractivity contribution in [2.45, 2.75) is 21.7 Å². The SMILES string of the molecule is Nn1c(SCC(=O)O)nnc1C1Cc2ccccc2S1. The number of nitrogen functional groups attached to an aromatic ring is 1. The zero-order valence-corrected chi connectivity index (χ0v) is 12.0. The Kier molecular flexibility index (Phi) is 3.58. The van der Waals surface area contributed by atoms with Gasteiger partial charge in [-0.05, 0) is 18.1 Å². The van der Waals surface area contributed by atoms with Gasteiger partial charge in [-0.25, -0.2) is 4.68 Å². The highest BCUT2D eigenvalue weighted by molar-refractivity contribution is 8.00. The van der Waals surface area contributed by atoms with Crippen molar-refractivity contribution >= 4 is 29.5 Å². The van der Waals surface area contributed by atoms with Crippen molar-refractivity contribution in [1.82, 2.24) is 14.9 Å². The van der Waals surface area contributed by atoms with Gasteiger partial charge in [0.15, 0.2) is 5.82 Å². The molecular formula is C12H12N4O2S2. The molecule has 2 heterocycles. The lowest BCUT2D eigenvalue weighted by molar-refractivity contribution is -0.133. The third-order valence-electron chi connectivity index (χ3n) is 2.95. The van der Waals surface area contributed by atoms with E-state index in [0.717, 1.165) is 18.2 Å². The van der Waals surface area contributed by atoms with Gasteiger partial charge in [0.2, 0.25) is 5.16 Å². The number of carboxylic acids is 1. The number of thioether (sulfide) groups is 2. The molecule has 0 radical (unpaired) electrons. The second-order valence-corrected chi connectivity index (χ2v) is 6.50. The van der Waals surface area contributed by atoms with Crippen molar-refractivity contribution in [1.29, 1.82) is 0 Å². The number of carboxylic acid groups (broad SMARTS) is 1. The largest absolute Gasteiger partial charge is 0.481 e. The van der Waals surface area contributed by atoms with E-state index in [1.54, 1.807) is 11.8 Å². The minimum absolute atomic E-state index is 0.0760. The average molecular weight is 308 g/mol. The molecule has 0 fully saturated rings. The fraction of sp³-hybridized carbons (Fsp3) is 0.250. The zero-order valence-electron chi connectivity index (χ0n) is 10.4. The summed E-state index contributed by atoms with van der Waals surface area (Å²) in [6, 6.07) is 8.20. The molecule has 6 nitrogen and oxygen atoms in total. The van der Waals surface area contributed by atoms with Gasteiger partial charge in [0.1, 0.15) is 0 Å². The minimum atomic E-state index is -0.901. The molecule has 104 valence electrons. The van der Waals surface area contributed by atoms with Crippen LogP contribution in [-0.2, 0) is 11.2 Å². The second-order valence-electron chi connectivity index (χ2n) is 4.31. The van der Waals surface area contributed by atoms with E-state index in [1.807, 2.05) is 12.1 Å². The van der Waals surface area contributed by atoms with Crippen LogP contribution in [0.2, 0.25) is 0 Å². The van der Waals surface area contributed by atoms with E-state index in [4.69, 9.17) is 10.9 Å². The van der Waals surface area contributed by atoms with Crippen molar-refractivity contribution < 1.29 is 9.90 Å². The maximum atomic E-state index is 10.6. The Hall–Kier alpha value is -1.67. The van der Waals surface area contributed by atoms with Crippen LogP contribution >= 0.6 is 23.5 Å². The van der Waals surface area contributed by atoms with Crippen molar-refractivity contribution in [2.24, 2.45) is 0 Å². The Bertz CT molecular complexity index is 634. The summed E-state index contributed by atoms with van der Waals surface area (Å²) in [5.74, 6) is 5.67. The van der Waals surface area contributed by atoms with E-state index in [0.29, 0.717) is 11.0 Å². The number of nitrogens with two attached hydrogens (primary N) is 1. The second kappa shape index (κ2) is 5.37. The van der Waals surface area contributed by atoms with E-state index < -0.39 is 5.97 Å². The Balaban J connectivity index is 1.78. The lowest BCUT2D eigenvalue weighted by Gasteiger charge is -2.07. The van der Waals surface area contributed by atoms with E-state index in [2.05, 4.69) is 22.3 Å².